The van der Waals surface area contributed by atoms with Crippen molar-refractivity contribution in [3.8, 4) is 5.69 Å². The zero-order chi connectivity index (χ0) is 20.1. The second kappa shape index (κ2) is 8.87. The molecule has 1 aliphatic heterocycles. The van der Waals surface area contributed by atoms with E-state index >= 15 is 0 Å². The summed E-state index contributed by atoms with van der Waals surface area (Å²) in [5.41, 5.74) is 2.92. The van der Waals surface area contributed by atoms with Gasteiger partial charge in [0, 0.05) is 11.4 Å². The van der Waals surface area contributed by atoms with E-state index in [2.05, 4.69) is 26.2 Å². The number of aryl methyl sites for hydroxylation is 1. The van der Waals surface area contributed by atoms with Crippen molar-refractivity contribution in [1.29, 1.82) is 0 Å². The highest BCUT2D eigenvalue weighted by atomic mass is 32.2. The smallest absolute Gasteiger partial charge is 0.337 e. The SMILES string of the molecule is CCOC(=O)C1=C(CSc2nnnn2-c2ccc(C)cc2)NC(=O)N[C@@H]1CC. The molecule has 1 atom stereocenters. The number of rotatable bonds is 7. The van der Waals surface area contributed by atoms with E-state index in [1.165, 1.54) is 11.8 Å². The first kappa shape index (κ1) is 19.9. The fourth-order valence-electron chi connectivity index (χ4n) is 2.83. The maximum absolute atomic E-state index is 12.4. The number of amides is 2. The molecule has 0 unspecified atom stereocenters. The number of nitrogens with zero attached hydrogens (tertiary/aromatic N) is 4. The van der Waals surface area contributed by atoms with E-state index < -0.39 is 12.0 Å². The molecule has 0 saturated heterocycles. The molecular weight excluding hydrogens is 380 g/mol. The second-order valence-electron chi connectivity index (χ2n) is 6.17. The summed E-state index contributed by atoms with van der Waals surface area (Å²) in [5.74, 6) is -0.111. The Morgan fingerprint density at radius 3 is 2.71 bits per heavy atom. The van der Waals surface area contributed by atoms with Gasteiger partial charge in [-0.2, -0.15) is 4.68 Å². The maximum Gasteiger partial charge on any atom is 0.337 e. The van der Waals surface area contributed by atoms with E-state index in [4.69, 9.17) is 4.74 Å². The molecule has 0 fully saturated rings. The van der Waals surface area contributed by atoms with Crippen molar-refractivity contribution >= 4 is 23.8 Å². The number of hydrogen-bond donors (Lipinski definition) is 2. The molecule has 0 saturated carbocycles. The predicted molar refractivity (Wildman–Crippen MR) is 104 cm³/mol. The molecule has 9 nitrogen and oxygen atoms in total. The first-order chi connectivity index (χ1) is 13.5. The first-order valence-electron chi connectivity index (χ1n) is 8.99. The Hall–Kier alpha value is -2.88. The van der Waals surface area contributed by atoms with E-state index in [0.717, 1.165) is 11.3 Å². The Balaban J connectivity index is 1.85. The van der Waals surface area contributed by atoms with E-state index in [1.54, 1.807) is 11.6 Å². The number of aromatic nitrogens is 4. The first-order valence-corrected chi connectivity index (χ1v) is 9.97. The Kier molecular flexibility index (Phi) is 6.30. The Bertz CT molecular complexity index is 893. The summed E-state index contributed by atoms with van der Waals surface area (Å²) in [6, 6.07) is 7.08. The number of tetrazole rings is 1. The quantitative estimate of drug-likeness (QED) is 0.538. The standard InChI is InChI=1S/C18H22N6O3S/c1-4-13-15(16(25)27-5-2)14(20-17(26)19-13)10-28-18-21-22-23-24(18)12-8-6-11(3)7-9-12/h6-9,13H,4-5,10H2,1-3H3,(H2,19,20,26)/t13-/m1/s1. The van der Waals surface area contributed by atoms with Crippen LogP contribution in [0.2, 0.25) is 0 Å². The van der Waals surface area contributed by atoms with Crippen molar-refractivity contribution in [2.45, 2.75) is 38.4 Å². The average Bonchev–Trinajstić information content (AvgIpc) is 3.15. The molecule has 1 aliphatic rings. The number of benzene rings is 1. The number of carbonyl (C=O) groups is 2. The van der Waals surface area contributed by atoms with Gasteiger partial charge in [-0.1, -0.05) is 36.4 Å². The molecule has 0 bridgehead atoms. The Labute approximate surface area is 166 Å². The van der Waals surface area contributed by atoms with Gasteiger partial charge < -0.3 is 15.4 Å². The van der Waals surface area contributed by atoms with Crippen LogP contribution in [-0.2, 0) is 9.53 Å². The minimum absolute atomic E-state index is 0.263. The molecule has 1 aromatic carbocycles. The molecule has 2 N–H and O–H groups in total. The second-order valence-corrected chi connectivity index (χ2v) is 7.11. The summed E-state index contributed by atoms with van der Waals surface area (Å²) in [6.07, 6.45) is 0.580. The molecule has 2 aromatic rings. The van der Waals surface area contributed by atoms with Crippen LogP contribution < -0.4 is 10.6 Å². The van der Waals surface area contributed by atoms with Crippen LogP contribution in [0.1, 0.15) is 25.8 Å². The molecule has 0 aliphatic carbocycles. The van der Waals surface area contributed by atoms with Crippen LogP contribution in [0.3, 0.4) is 0 Å². The molecule has 2 heterocycles. The van der Waals surface area contributed by atoms with E-state index in [9.17, 15) is 9.59 Å². The van der Waals surface area contributed by atoms with E-state index in [1.807, 2.05) is 38.1 Å². The summed E-state index contributed by atoms with van der Waals surface area (Å²) in [6.45, 7) is 5.92. The largest absolute Gasteiger partial charge is 0.463 e. The molecule has 0 spiro atoms. The highest BCUT2D eigenvalue weighted by molar-refractivity contribution is 7.99. The minimum atomic E-state index is -0.435. The van der Waals surface area contributed by atoms with Crippen LogP contribution in [0.15, 0.2) is 40.7 Å². The van der Waals surface area contributed by atoms with Crippen LogP contribution in [0.4, 0.5) is 4.79 Å². The van der Waals surface area contributed by atoms with E-state index in [-0.39, 0.29) is 12.6 Å². The molecule has 28 heavy (non-hydrogen) atoms. The van der Waals surface area contributed by atoms with Crippen LogP contribution >= 0.6 is 11.8 Å². The average molecular weight is 402 g/mol. The van der Waals surface area contributed by atoms with Crippen molar-refractivity contribution in [2.24, 2.45) is 0 Å². The van der Waals surface area contributed by atoms with Gasteiger partial charge in [0.1, 0.15) is 0 Å². The van der Waals surface area contributed by atoms with Crippen molar-refractivity contribution in [2.75, 3.05) is 12.4 Å². The van der Waals surface area contributed by atoms with Crippen molar-refractivity contribution < 1.29 is 14.3 Å². The third-order valence-corrected chi connectivity index (χ3v) is 5.16. The Morgan fingerprint density at radius 2 is 2.04 bits per heavy atom. The number of esters is 1. The van der Waals surface area contributed by atoms with E-state index in [0.29, 0.717) is 28.6 Å². The predicted octanol–water partition coefficient (Wildman–Crippen LogP) is 1.97. The monoisotopic (exact) mass is 402 g/mol. The lowest BCUT2D eigenvalue weighted by Gasteiger charge is -2.28. The summed E-state index contributed by atoms with van der Waals surface area (Å²) in [4.78, 5) is 24.4. The van der Waals surface area contributed by atoms with Crippen LogP contribution in [0.5, 0.6) is 0 Å². The topological polar surface area (TPSA) is 111 Å². The third-order valence-electron chi connectivity index (χ3n) is 4.21. The van der Waals surface area contributed by atoms with Gasteiger partial charge in [0.2, 0.25) is 5.16 Å². The molecule has 0 radical (unpaired) electrons. The van der Waals surface area contributed by atoms with Gasteiger partial charge in [0.05, 0.1) is 23.9 Å². The molecular formula is C18H22N6O3S. The van der Waals surface area contributed by atoms with Crippen LogP contribution in [0, 0.1) is 6.92 Å². The molecule has 10 heteroatoms. The fraction of sp³-hybridized carbons (Fsp3) is 0.389. The van der Waals surface area contributed by atoms with Gasteiger partial charge in [0.25, 0.3) is 0 Å². The van der Waals surface area contributed by atoms with Crippen molar-refractivity contribution in [3.63, 3.8) is 0 Å². The lowest BCUT2D eigenvalue weighted by Crippen LogP contribution is -2.50. The highest BCUT2D eigenvalue weighted by Crippen LogP contribution is 2.24. The summed E-state index contributed by atoms with van der Waals surface area (Å²) in [5, 5.41) is 17.9. The number of ether oxygens (including phenoxy) is 1. The number of urea groups is 1. The number of carbonyl (C=O) groups excluding carboxylic acids is 2. The summed E-state index contributed by atoms with van der Waals surface area (Å²) in [7, 11) is 0. The molecule has 2 amide bonds. The molecule has 148 valence electrons. The van der Waals surface area contributed by atoms with Crippen LogP contribution in [-0.4, -0.2) is 50.6 Å². The van der Waals surface area contributed by atoms with Crippen molar-refractivity contribution in [3.05, 3.63) is 41.1 Å². The normalized spacial score (nSPS) is 16.5. The molecule has 1 aromatic heterocycles. The maximum atomic E-state index is 12.4. The summed E-state index contributed by atoms with van der Waals surface area (Å²) >= 11 is 1.33. The molecule has 3 rings (SSSR count). The lowest BCUT2D eigenvalue weighted by atomic mass is 10.0. The van der Waals surface area contributed by atoms with Gasteiger partial charge >= 0.3 is 12.0 Å². The third kappa shape index (κ3) is 4.33. The summed E-state index contributed by atoms with van der Waals surface area (Å²) < 4.78 is 6.80. The lowest BCUT2D eigenvalue weighted by molar-refractivity contribution is -0.139. The minimum Gasteiger partial charge on any atom is -0.463 e. The van der Waals surface area contributed by atoms with Crippen molar-refractivity contribution in [1.82, 2.24) is 30.8 Å². The zero-order valence-corrected chi connectivity index (χ0v) is 16.7. The van der Waals surface area contributed by atoms with Gasteiger partial charge in [0.15, 0.2) is 0 Å². The van der Waals surface area contributed by atoms with Gasteiger partial charge in [-0.15, -0.1) is 5.10 Å². The number of thioether (sulfide) groups is 1. The Morgan fingerprint density at radius 1 is 1.29 bits per heavy atom. The van der Waals surface area contributed by atoms with Gasteiger partial charge in [-0.05, 0) is 42.8 Å². The zero-order valence-electron chi connectivity index (χ0n) is 15.9. The van der Waals surface area contributed by atoms with Gasteiger partial charge in [-0.3, -0.25) is 0 Å². The number of nitrogens with one attached hydrogen (secondary N) is 2. The number of hydrogen-bond acceptors (Lipinski definition) is 7. The van der Waals surface area contributed by atoms with Gasteiger partial charge in [-0.25, -0.2) is 9.59 Å². The fourth-order valence-corrected chi connectivity index (χ4v) is 3.69. The highest BCUT2D eigenvalue weighted by Gasteiger charge is 2.31. The van der Waals surface area contributed by atoms with Crippen LogP contribution in [0.25, 0.3) is 5.69 Å².